The van der Waals surface area contributed by atoms with Crippen molar-refractivity contribution in [3.63, 3.8) is 0 Å². The Morgan fingerprint density at radius 1 is 1.05 bits per heavy atom. The van der Waals surface area contributed by atoms with E-state index in [-0.39, 0.29) is 5.97 Å². The van der Waals surface area contributed by atoms with Gasteiger partial charge in [-0.05, 0) is 58.7 Å². The van der Waals surface area contributed by atoms with Gasteiger partial charge in [-0.2, -0.15) is 0 Å². The summed E-state index contributed by atoms with van der Waals surface area (Å²) in [5.41, 5.74) is 0. The summed E-state index contributed by atoms with van der Waals surface area (Å²) in [6.07, 6.45) is 3.93. The Hall–Kier alpha value is -0.219. The van der Waals surface area contributed by atoms with E-state index >= 15 is 0 Å². The predicted molar refractivity (Wildman–Crippen MR) is 91.2 cm³/mol. The zero-order chi connectivity index (χ0) is 15.8. The maximum Gasteiger partial charge on any atom is 0.330 e. The van der Waals surface area contributed by atoms with E-state index in [0.717, 1.165) is 12.5 Å². The molecule has 0 aromatic rings. The first kappa shape index (κ1) is 19.8. The first-order valence-corrected chi connectivity index (χ1v) is 15.8. The average Bonchev–Trinajstić information content (AvgIpc) is 2.20. The first-order chi connectivity index (χ1) is 9.03. The van der Waals surface area contributed by atoms with Gasteiger partial charge in [0.1, 0.15) is 0 Å². The summed E-state index contributed by atoms with van der Waals surface area (Å²) in [5.74, 6) is -0.275. The molecule has 4 nitrogen and oxygen atoms in total. The van der Waals surface area contributed by atoms with Gasteiger partial charge in [-0.3, -0.25) is 0 Å². The van der Waals surface area contributed by atoms with Crippen molar-refractivity contribution in [3.05, 3.63) is 12.2 Å². The second kappa shape index (κ2) is 8.93. The van der Waals surface area contributed by atoms with Crippen LogP contribution in [-0.4, -0.2) is 38.5 Å². The number of carbonyl (C=O) groups is 1. The van der Waals surface area contributed by atoms with Gasteiger partial charge >= 0.3 is 15.3 Å². The van der Waals surface area contributed by atoms with E-state index in [1.807, 2.05) is 0 Å². The van der Waals surface area contributed by atoms with Crippen LogP contribution in [-0.2, 0) is 17.8 Å². The Balaban J connectivity index is 4.20. The smallest absolute Gasteiger partial charge is 0.330 e. The fraction of sp³-hybridized carbons (Fsp3) is 0.769. The second-order valence-electron chi connectivity index (χ2n) is 6.70. The van der Waals surface area contributed by atoms with Gasteiger partial charge in [-0.15, -0.1) is 0 Å². The van der Waals surface area contributed by atoms with Crippen LogP contribution < -0.4 is 0 Å². The van der Waals surface area contributed by atoms with E-state index in [4.69, 9.17) is 13.0 Å². The quantitative estimate of drug-likeness (QED) is 0.280. The highest BCUT2D eigenvalue weighted by atomic mass is 28.4. The van der Waals surface area contributed by atoms with E-state index in [2.05, 4.69) is 39.3 Å². The van der Waals surface area contributed by atoms with Gasteiger partial charge in [-0.25, -0.2) is 4.79 Å². The van der Waals surface area contributed by atoms with Gasteiger partial charge in [0.15, 0.2) is 16.6 Å². The Labute approximate surface area is 127 Å². The zero-order valence-electron chi connectivity index (χ0n) is 14.0. The summed E-state index contributed by atoms with van der Waals surface area (Å²) in [5, 5.41) is 0. The topological polar surface area (TPSA) is 44.8 Å². The van der Waals surface area contributed by atoms with E-state index in [0.29, 0.717) is 6.61 Å². The van der Waals surface area contributed by atoms with Crippen molar-refractivity contribution in [2.45, 2.75) is 58.7 Å². The van der Waals surface area contributed by atoms with E-state index in [1.165, 1.54) is 6.08 Å². The molecule has 0 N–H and O–H groups in total. The normalized spacial score (nSPS) is 13.2. The monoisotopic (exact) mass is 334 g/mol. The lowest BCUT2D eigenvalue weighted by Crippen LogP contribution is -2.43. The van der Waals surface area contributed by atoms with Crippen LogP contribution in [0.15, 0.2) is 12.2 Å². The van der Waals surface area contributed by atoms with Crippen LogP contribution in [0.1, 0.15) is 13.3 Å². The van der Waals surface area contributed by atoms with Crippen molar-refractivity contribution in [1.29, 1.82) is 0 Å². The minimum atomic E-state index is -1.65. The Morgan fingerprint density at radius 3 is 1.95 bits per heavy atom. The van der Waals surface area contributed by atoms with Gasteiger partial charge in [0.25, 0.3) is 0 Å². The summed E-state index contributed by atoms with van der Waals surface area (Å²) in [6.45, 7) is 15.4. The third-order valence-electron chi connectivity index (χ3n) is 2.10. The molecule has 0 amide bonds. The van der Waals surface area contributed by atoms with Gasteiger partial charge in [0.2, 0.25) is 0 Å². The molecule has 0 saturated heterocycles. The molecule has 0 unspecified atom stereocenters. The molecule has 0 aromatic heterocycles. The summed E-state index contributed by atoms with van der Waals surface area (Å²) in [6, 6.07) is 0.900. The molecule has 0 heterocycles. The van der Waals surface area contributed by atoms with Crippen molar-refractivity contribution in [2.75, 3.05) is 6.61 Å². The Kier molecular flexibility index (Phi) is 8.84. The molecule has 0 saturated carbocycles. The summed E-state index contributed by atoms with van der Waals surface area (Å²) in [4.78, 5) is 11.2. The first-order valence-electron chi connectivity index (χ1n) is 7.18. The van der Waals surface area contributed by atoms with Gasteiger partial charge in [0.05, 0.1) is 6.61 Å². The lowest BCUT2D eigenvalue weighted by Gasteiger charge is -2.30. The van der Waals surface area contributed by atoms with Crippen LogP contribution >= 0.6 is 0 Å². The van der Waals surface area contributed by atoms with Crippen molar-refractivity contribution < 1.29 is 17.8 Å². The molecule has 0 atom stereocenters. The summed E-state index contributed by atoms with van der Waals surface area (Å²) in [7, 11) is -4.80. The Bertz CT molecular complexity index is 303. The fourth-order valence-electron chi connectivity index (χ4n) is 1.54. The van der Waals surface area contributed by atoms with Gasteiger partial charge in [-0.1, -0.05) is 6.08 Å². The molecule has 0 bridgehead atoms. The average molecular weight is 335 g/mol. The predicted octanol–water partition coefficient (Wildman–Crippen LogP) is 3.42. The number of allylic oxidation sites excluding steroid dienone is 1. The lowest BCUT2D eigenvalue weighted by molar-refractivity contribution is -0.137. The fourth-order valence-corrected chi connectivity index (χ4v) is 9.92. The molecule has 20 heavy (non-hydrogen) atoms. The van der Waals surface area contributed by atoms with Crippen LogP contribution in [0.25, 0.3) is 0 Å². The number of hydrogen-bond donors (Lipinski definition) is 0. The van der Waals surface area contributed by atoms with Crippen molar-refractivity contribution in [1.82, 2.24) is 0 Å². The highest BCUT2D eigenvalue weighted by Crippen LogP contribution is 2.15. The molecule has 0 aliphatic heterocycles. The van der Waals surface area contributed by atoms with E-state index < -0.39 is 25.9 Å². The van der Waals surface area contributed by atoms with Crippen LogP contribution in [0, 0.1) is 0 Å². The van der Waals surface area contributed by atoms with Crippen LogP contribution in [0.2, 0.25) is 45.3 Å². The van der Waals surface area contributed by atoms with Crippen molar-refractivity contribution in [3.8, 4) is 0 Å². The molecular formula is C13H30O4Si3. The van der Waals surface area contributed by atoms with Crippen LogP contribution in [0.4, 0.5) is 0 Å². The maximum atomic E-state index is 11.2. The van der Waals surface area contributed by atoms with Crippen LogP contribution in [0.5, 0.6) is 0 Å². The molecule has 0 spiro atoms. The molecule has 118 valence electrons. The maximum absolute atomic E-state index is 11.2. The number of hydrogen-bond acceptors (Lipinski definition) is 4. The van der Waals surface area contributed by atoms with Gasteiger partial charge in [0, 0.05) is 6.08 Å². The molecule has 0 aromatic carbocycles. The third-order valence-corrected chi connectivity index (χ3v) is 10.7. The van der Waals surface area contributed by atoms with Gasteiger partial charge < -0.3 is 13.0 Å². The number of esters is 1. The number of ether oxygens (including phenoxy) is 1. The molecule has 0 rings (SSSR count). The summed E-state index contributed by atoms with van der Waals surface area (Å²) >= 11 is 0. The SMILES string of the molecule is CC=CC(=O)OCCC[SiH](O[Si](C)(C)C)O[Si](C)(C)C. The van der Waals surface area contributed by atoms with Crippen molar-refractivity contribution >= 4 is 31.9 Å². The molecule has 0 aliphatic carbocycles. The van der Waals surface area contributed by atoms with E-state index in [1.54, 1.807) is 13.0 Å². The molecule has 0 radical (unpaired) electrons. The highest BCUT2D eigenvalue weighted by molar-refractivity contribution is 6.81. The molecule has 0 aliphatic rings. The lowest BCUT2D eigenvalue weighted by atomic mass is 10.5. The van der Waals surface area contributed by atoms with Crippen molar-refractivity contribution in [2.24, 2.45) is 0 Å². The minimum Gasteiger partial charge on any atom is -0.463 e. The minimum absolute atomic E-state index is 0.275. The molecule has 0 fully saturated rings. The van der Waals surface area contributed by atoms with Crippen LogP contribution in [0.3, 0.4) is 0 Å². The molecular weight excluding hydrogens is 304 g/mol. The third kappa shape index (κ3) is 12.8. The highest BCUT2D eigenvalue weighted by Gasteiger charge is 2.28. The molecule has 7 heteroatoms. The zero-order valence-corrected chi connectivity index (χ0v) is 17.1. The Morgan fingerprint density at radius 2 is 1.55 bits per heavy atom. The standard InChI is InChI=1S/C13H30O4Si3/c1-8-10-13(14)15-11-9-12-18(16-19(2,3)4)17-20(5,6)7/h8,10,18H,9,11-12H2,1-7H3. The second-order valence-corrected chi connectivity index (χ2v) is 18.5. The largest absolute Gasteiger partial charge is 0.463 e. The number of carbonyl (C=O) groups excluding carboxylic acids is 1. The van der Waals surface area contributed by atoms with E-state index in [9.17, 15) is 4.79 Å². The summed E-state index contributed by atoms with van der Waals surface area (Å²) < 4.78 is 17.5. The number of rotatable bonds is 9.